The lowest BCUT2D eigenvalue weighted by atomic mass is 9.80. The Morgan fingerprint density at radius 2 is 0.422 bits per heavy atom. The van der Waals surface area contributed by atoms with Crippen LogP contribution >= 0.6 is 0 Å². The summed E-state index contributed by atoms with van der Waals surface area (Å²) < 4.78 is 0. The quantitative estimate of drug-likeness (QED) is 0.0324. The highest BCUT2D eigenvalue weighted by atomic mass is 16.3. The number of hydrogen-bond acceptors (Lipinski definition) is 10. The second-order valence-corrected chi connectivity index (χ2v) is 30.0. The number of hydrogen-bond donors (Lipinski definition) is 10. The van der Waals surface area contributed by atoms with Gasteiger partial charge in [0.15, 0.2) is 0 Å². The van der Waals surface area contributed by atoms with Crippen LogP contribution in [0, 0.1) is 41.5 Å². The van der Waals surface area contributed by atoms with Crippen LogP contribution in [-0.4, -0.2) is 10.2 Å². The summed E-state index contributed by atoms with van der Waals surface area (Å²) in [6.45, 7) is 12.6. The molecule has 0 unspecified atom stereocenters. The summed E-state index contributed by atoms with van der Waals surface area (Å²) in [5.41, 5.74) is 84.0. The highest BCUT2D eigenvalue weighted by molar-refractivity contribution is 5.71. The maximum Gasteiger partial charge on any atom is 0.121 e. The fraction of sp³-hybridized carbons (Fsp3) is 0.0943. The number of rotatable bonds is 16. The van der Waals surface area contributed by atoms with Crippen LogP contribution in [0.25, 0.3) is 44.5 Å². The topological polar surface area (TPSA) is 249 Å². The number of phenols is 2. The smallest absolute Gasteiger partial charge is 0.121 e. The fourth-order valence-electron chi connectivity index (χ4n) is 15.5. The first-order chi connectivity index (χ1) is 56.1. The van der Waals surface area contributed by atoms with Crippen LogP contribution in [0.15, 0.2) is 364 Å². The Hall–Kier alpha value is -14.5. The molecule has 18 N–H and O–H groups in total. The molecule has 0 bridgehead atoms. The zero-order chi connectivity index (χ0) is 81.5. The Kier molecular flexibility index (Phi) is 24.9. The van der Waals surface area contributed by atoms with Crippen LogP contribution in [0.5, 0.6) is 11.5 Å². The minimum absolute atomic E-state index is 0.0142. The third-order valence-electron chi connectivity index (χ3n) is 21.7. The molecule has 0 saturated carbocycles. The standard InChI is InChI=1S/3C27H26N2.C25H22N2O2/c1-18-8-14-25(28)23(16-18)27(24-17-19(2)9-15-26(24)29)22-12-10-21(11-13-22)20-6-4-3-5-7-20;1-18-16-23(28)12-14-25(18)27(26-15-13-24(29)17-19(26)2)22-10-8-21(9-11-22)20-6-4-3-5-7-20;1-18-16-23(12-14-25(18)28)27(24-13-15-26(29)19(2)17-24)22-10-8-21(9-11-22)20-6-4-3-5-7-20;26-19-10-12-21(23(28)14-19)25(22-13-11-20(27)15-24(22)29)18-8-6-17(7-9-18)16-4-2-1-3-5-16/h3*3-17,27H,28-29H2,1-2H3;1-15,25,28-29H,26-27H2. The summed E-state index contributed by atoms with van der Waals surface area (Å²) in [4.78, 5) is 0. The van der Waals surface area contributed by atoms with E-state index >= 15 is 0 Å². The van der Waals surface area contributed by atoms with Gasteiger partial charge in [-0.15, -0.1) is 0 Å². The number of aryl methyl sites for hydroxylation is 6. The molecule has 576 valence electrons. The number of aromatic hydroxyl groups is 2. The molecule has 0 aromatic heterocycles. The molecule has 16 aromatic rings. The molecule has 10 heteroatoms. The van der Waals surface area contributed by atoms with E-state index in [0.29, 0.717) is 22.5 Å². The molecule has 0 spiro atoms. The second kappa shape index (κ2) is 36.3. The molecule has 0 aliphatic rings. The summed E-state index contributed by atoms with van der Waals surface area (Å²) in [6, 6.07) is 124. The normalized spacial score (nSPS) is 11.0. The number of benzene rings is 16. The predicted octanol–water partition coefficient (Wildman–Crippen LogP) is 24.1. The maximum atomic E-state index is 10.6. The van der Waals surface area contributed by atoms with Gasteiger partial charge >= 0.3 is 0 Å². The molecule has 0 fully saturated rings. The Morgan fingerprint density at radius 1 is 0.181 bits per heavy atom. The second-order valence-electron chi connectivity index (χ2n) is 30.0. The van der Waals surface area contributed by atoms with E-state index in [-0.39, 0.29) is 35.2 Å². The average Bonchev–Trinajstić information content (AvgIpc) is 0.796. The number of nitrogens with two attached hydrogens (primary N) is 8. The van der Waals surface area contributed by atoms with Crippen LogP contribution in [0.4, 0.5) is 45.5 Å². The van der Waals surface area contributed by atoms with Crippen molar-refractivity contribution in [3.8, 4) is 56.0 Å². The first-order valence-electron chi connectivity index (χ1n) is 39.1. The SMILES string of the molecule is Cc1cc(C(c2ccc(-c3ccccc3)cc2)c2ccc(N)c(C)c2)ccc1N.Cc1cc(N)ccc1C(c1ccc(-c2ccccc2)cc1)c1ccc(N)cc1C.Cc1ccc(N)c(C(c2ccc(-c3ccccc3)cc2)c2cc(C)ccc2N)c1.Nc1ccc(C(c2ccc(-c3ccccc3)cc2)c2ccc(N)cc2O)c(O)c1. The number of anilines is 8. The zero-order valence-corrected chi connectivity index (χ0v) is 66.5. The molecular weight excluding hydrogens is 1420 g/mol. The van der Waals surface area contributed by atoms with Gasteiger partial charge in [-0.2, -0.15) is 0 Å². The van der Waals surface area contributed by atoms with Gasteiger partial charge in [0.1, 0.15) is 11.5 Å². The van der Waals surface area contributed by atoms with E-state index in [1.54, 1.807) is 24.3 Å². The molecule has 0 amide bonds. The minimum atomic E-state index is -0.374. The highest BCUT2D eigenvalue weighted by Gasteiger charge is 2.27. The molecule has 0 saturated heterocycles. The molecule has 10 nitrogen and oxygen atoms in total. The Bertz CT molecular complexity index is 5630. The summed E-state index contributed by atoms with van der Waals surface area (Å²) in [6.07, 6.45) is 0. The molecule has 0 aliphatic carbocycles. The maximum absolute atomic E-state index is 10.6. The van der Waals surface area contributed by atoms with Crippen molar-refractivity contribution in [2.45, 2.75) is 65.2 Å². The molecule has 0 heterocycles. The van der Waals surface area contributed by atoms with Crippen molar-refractivity contribution < 1.29 is 10.2 Å². The molecule has 0 aliphatic heterocycles. The van der Waals surface area contributed by atoms with E-state index in [1.165, 1.54) is 107 Å². The fourth-order valence-corrected chi connectivity index (χ4v) is 15.5. The van der Waals surface area contributed by atoms with Gasteiger partial charge in [0.05, 0.1) is 0 Å². The third kappa shape index (κ3) is 19.0. The number of nitrogen functional groups attached to an aromatic ring is 8. The zero-order valence-electron chi connectivity index (χ0n) is 66.5. The van der Waals surface area contributed by atoms with Gasteiger partial charge in [0.25, 0.3) is 0 Å². The number of phenolic OH excluding ortho intramolecular Hbond substituents is 2. The molecule has 0 radical (unpaired) electrons. The van der Waals surface area contributed by atoms with Crippen molar-refractivity contribution in [3.05, 3.63) is 464 Å². The summed E-state index contributed by atoms with van der Waals surface area (Å²) >= 11 is 0. The van der Waals surface area contributed by atoms with Crippen molar-refractivity contribution in [1.29, 1.82) is 0 Å². The van der Waals surface area contributed by atoms with Crippen molar-refractivity contribution in [3.63, 3.8) is 0 Å². The van der Waals surface area contributed by atoms with Crippen LogP contribution in [-0.2, 0) is 0 Å². The lowest BCUT2D eigenvalue weighted by Gasteiger charge is -2.23. The third-order valence-corrected chi connectivity index (χ3v) is 21.7. The lowest BCUT2D eigenvalue weighted by molar-refractivity contribution is 0.459. The van der Waals surface area contributed by atoms with Crippen LogP contribution < -0.4 is 45.9 Å². The largest absolute Gasteiger partial charge is 0.508 e. The van der Waals surface area contributed by atoms with Crippen molar-refractivity contribution in [1.82, 2.24) is 0 Å². The van der Waals surface area contributed by atoms with E-state index in [9.17, 15) is 10.2 Å². The van der Waals surface area contributed by atoms with Crippen molar-refractivity contribution in [2.24, 2.45) is 0 Å². The van der Waals surface area contributed by atoms with Gasteiger partial charge in [-0.05, 0) is 225 Å². The van der Waals surface area contributed by atoms with Gasteiger partial charge in [-0.25, -0.2) is 0 Å². The first kappa shape index (κ1) is 79.6. The monoisotopic (exact) mass is 1520 g/mol. The van der Waals surface area contributed by atoms with E-state index in [2.05, 4.69) is 248 Å². The van der Waals surface area contributed by atoms with E-state index < -0.39 is 0 Å². The van der Waals surface area contributed by atoms with E-state index in [4.69, 9.17) is 45.9 Å². The van der Waals surface area contributed by atoms with Gasteiger partial charge in [-0.1, -0.05) is 302 Å². The van der Waals surface area contributed by atoms with E-state index in [0.717, 1.165) is 73.1 Å². The highest BCUT2D eigenvalue weighted by Crippen LogP contribution is 2.45. The molecule has 16 aromatic carbocycles. The molecular formula is C106H100N8O2. The predicted molar refractivity (Wildman–Crippen MR) is 490 cm³/mol. The van der Waals surface area contributed by atoms with Crippen molar-refractivity contribution in [2.75, 3.05) is 45.9 Å². The summed E-state index contributed by atoms with van der Waals surface area (Å²) in [5.74, 6) is 0.0248. The lowest BCUT2D eigenvalue weighted by Crippen LogP contribution is -2.10. The summed E-state index contributed by atoms with van der Waals surface area (Å²) in [5, 5.41) is 21.2. The first-order valence-corrected chi connectivity index (χ1v) is 39.1. The van der Waals surface area contributed by atoms with Gasteiger partial charge in [0, 0.05) is 92.4 Å². The van der Waals surface area contributed by atoms with Gasteiger partial charge < -0.3 is 56.1 Å². The molecule has 116 heavy (non-hydrogen) atoms. The van der Waals surface area contributed by atoms with Crippen molar-refractivity contribution >= 4 is 45.5 Å². The van der Waals surface area contributed by atoms with Crippen LogP contribution in [0.3, 0.4) is 0 Å². The molecule has 16 rings (SSSR count). The van der Waals surface area contributed by atoms with Crippen LogP contribution in [0.2, 0.25) is 0 Å². The Morgan fingerprint density at radius 3 is 0.707 bits per heavy atom. The Balaban J connectivity index is 0.000000135. The Labute approximate surface area is 682 Å². The van der Waals surface area contributed by atoms with Gasteiger partial charge in [-0.3, -0.25) is 0 Å². The average molecular weight is 1520 g/mol. The van der Waals surface area contributed by atoms with Gasteiger partial charge in [0.2, 0.25) is 0 Å². The summed E-state index contributed by atoms with van der Waals surface area (Å²) in [7, 11) is 0. The molecule has 0 atom stereocenters. The minimum Gasteiger partial charge on any atom is -0.508 e. The van der Waals surface area contributed by atoms with E-state index in [1.807, 2.05) is 121 Å². The van der Waals surface area contributed by atoms with Crippen LogP contribution in [0.1, 0.15) is 124 Å².